The second-order valence-corrected chi connectivity index (χ2v) is 4.26. The van der Waals surface area contributed by atoms with Gasteiger partial charge >= 0.3 is 5.97 Å². The Morgan fingerprint density at radius 1 is 1.27 bits per heavy atom. The molecule has 0 aromatic rings. The maximum Gasteiger partial charge on any atom is 0.309 e. The molecule has 1 rings (SSSR count). The van der Waals surface area contributed by atoms with Crippen molar-refractivity contribution in [2.24, 2.45) is 17.8 Å². The molecular formula is C11H20O4. The van der Waals surface area contributed by atoms with Gasteiger partial charge in [-0.2, -0.15) is 0 Å². The van der Waals surface area contributed by atoms with E-state index in [-0.39, 0.29) is 24.8 Å². The molecule has 0 bridgehead atoms. The molecule has 0 aliphatic carbocycles. The van der Waals surface area contributed by atoms with E-state index in [1.54, 1.807) is 7.11 Å². The van der Waals surface area contributed by atoms with Crippen molar-refractivity contribution in [3.63, 3.8) is 0 Å². The highest BCUT2D eigenvalue weighted by Gasteiger charge is 2.38. The van der Waals surface area contributed by atoms with Crippen molar-refractivity contribution >= 4 is 5.97 Å². The largest absolute Gasteiger partial charge is 0.459 e. The fraction of sp³-hybridized carbons (Fsp3) is 0.909. The number of carbonyl (C=O) groups excluding carboxylic acids is 1. The molecule has 1 fully saturated rings. The fourth-order valence-corrected chi connectivity index (χ4v) is 1.81. The van der Waals surface area contributed by atoms with Gasteiger partial charge in [0.05, 0.1) is 12.5 Å². The molecule has 0 amide bonds. The zero-order valence-electron chi connectivity index (χ0n) is 9.86. The van der Waals surface area contributed by atoms with Crippen LogP contribution in [0.4, 0.5) is 0 Å². The first kappa shape index (κ1) is 12.5. The summed E-state index contributed by atoms with van der Waals surface area (Å²) in [6, 6.07) is 0. The van der Waals surface area contributed by atoms with E-state index in [0.29, 0.717) is 18.4 Å². The van der Waals surface area contributed by atoms with Crippen LogP contribution in [0, 0.1) is 17.8 Å². The summed E-state index contributed by atoms with van der Waals surface area (Å²) in [6.45, 7) is 6.74. The number of methoxy groups -OCH3 is 1. The third-order valence-electron chi connectivity index (χ3n) is 3.33. The summed E-state index contributed by atoms with van der Waals surface area (Å²) in [5.74, 6) is 0.530. The Morgan fingerprint density at radius 2 is 1.93 bits per heavy atom. The Hall–Kier alpha value is -0.610. The second-order valence-electron chi connectivity index (χ2n) is 4.26. The van der Waals surface area contributed by atoms with Gasteiger partial charge in [0.1, 0.15) is 12.9 Å². The van der Waals surface area contributed by atoms with Crippen molar-refractivity contribution in [3.8, 4) is 0 Å². The van der Waals surface area contributed by atoms with Crippen molar-refractivity contribution in [2.45, 2.75) is 26.9 Å². The van der Waals surface area contributed by atoms with Crippen LogP contribution in [-0.2, 0) is 19.0 Å². The minimum Gasteiger partial charge on any atom is -0.459 e. The number of esters is 1. The van der Waals surface area contributed by atoms with Crippen LogP contribution >= 0.6 is 0 Å². The molecule has 0 spiro atoms. The van der Waals surface area contributed by atoms with Crippen molar-refractivity contribution in [2.75, 3.05) is 20.5 Å². The van der Waals surface area contributed by atoms with Crippen LogP contribution in [0.15, 0.2) is 0 Å². The van der Waals surface area contributed by atoms with Gasteiger partial charge in [0.15, 0.2) is 0 Å². The topological polar surface area (TPSA) is 44.8 Å². The molecule has 4 atom stereocenters. The zero-order chi connectivity index (χ0) is 11.4. The van der Waals surface area contributed by atoms with E-state index in [4.69, 9.17) is 14.2 Å². The highest BCUT2D eigenvalue weighted by molar-refractivity contribution is 5.73. The van der Waals surface area contributed by atoms with Gasteiger partial charge < -0.3 is 14.2 Å². The lowest BCUT2D eigenvalue weighted by Crippen LogP contribution is -2.44. The van der Waals surface area contributed by atoms with Gasteiger partial charge in [-0.15, -0.1) is 0 Å². The lowest BCUT2D eigenvalue weighted by atomic mass is 9.80. The van der Waals surface area contributed by atoms with Gasteiger partial charge in [-0.05, 0) is 11.8 Å². The maximum absolute atomic E-state index is 11.5. The van der Waals surface area contributed by atoms with Gasteiger partial charge in [-0.3, -0.25) is 4.79 Å². The zero-order valence-corrected chi connectivity index (χ0v) is 9.86. The van der Waals surface area contributed by atoms with Gasteiger partial charge in [-0.1, -0.05) is 20.8 Å². The average molecular weight is 216 g/mol. The van der Waals surface area contributed by atoms with Crippen LogP contribution in [0.5, 0.6) is 0 Å². The van der Waals surface area contributed by atoms with E-state index in [0.717, 1.165) is 0 Å². The molecule has 4 heteroatoms. The van der Waals surface area contributed by atoms with Crippen LogP contribution in [0.25, 0.3) is 0 Å². The summed E-state index contributed by atoms with van der Waals surface area (Å²) in [4.78, 5) is 11.5. The van der Waals surface area contributed by atoms with Crippen LogP contribution in [0.2, 0.25) is 0 Å². The van der Waals surface area contributed by atoms with Gasteiger partial charge in [0.25, 0.3) is 0 Å². The average Bonchev–Trinajstić information content (AvgIpc) is 2.23. The van der Waals surface area contributed by atoms with Crippen molar-refractivity contribution in [3.05, 3.63) is 0 Å². The summed E-state index contributed by atoms with van der Waals surface area (Å²) < 4.78 is 15.3. The molecule has 2 unspecified atom stereocenters. The lowest BCUT2D eigenvalue weighted by Gasteiger charge is -2.37. The van der Waals surface area contributed by atoms with Crippen LogP contribution in [0.1, 0.15) is 20.8 Å². The molecule has 0 radical (unpaired) electrons. The van der Waals surface area contributed by atoms with E-state index in [2.05, 4.69) is 13.8 Å². The van der Waals surface area contributed by atoms with Crippen molar-refractivity contribution in [1.82, 2.24) is 0 Å². The molecule has 4 nitrogen and oxygen atoms in total. The van der Waals surface area contributed by atoms with E-state index in [1.807, 2.05) is 6.92 Å². The first-order valence-electron chi connectivity index (χ1n) is 5.35. The number of carbonyl (C=O) groups is 1. The molecular weight excluding hydrogens is 196 g/mol. The quantitative estimate of drug-likeness (QED) is 0.405. The highest BCUT2D eigenvalue weighted by Crippen LogP contribution is 2.31. The lowest BCUT2D eigenvalue weighted by molar-refractivity contribution is -0.178. The number of hydrogen-bond acceptors (Lipinski definition) is 4. The Bertz CT molecular complexity index is 217. The molecule has 1 saturated heterocycles. The summed E-state index contributed by atoms with van der Waals surface area (Å²) in [6.07, 6.45) is -0.140. The van der Waals surface area contributed by atoms with Gasteiger partial charge in [0, 0.05) is 7.11 Å². The van der Waals surface area contributed by atoms with E-state index >= 15 is 0 Å². The Morgan fingerprint density at radius 3 is 2.53 bits per heavy atom. The monoisotopic (exact) mass is 216 g/mol. The second kappa shape index (κ2) is 5.47. The SMILES string of the molecule is COCOCC1OC(=O)C(C)[C@@H](C)[C@H]1C. The maximum atomic E-state index is 11.5. The smallest absolute Gasteiger partial charge is 0.309 e. The minimum atomic E-state index is -0.140. The van der Waals surface area contributed by atoms with E-state index in [9.17, 15) is 4.79 Å². The summed E-state index contributed by atoms with van der Waals surface area (Å²) >= 11 is 0. The van der Waals surface area contributed by atoms with Crippen molar-refractivity contribution < 1.29 is 19.0 Å². The standard InChI is InChI=1S/C11H20O4/c1-7-8(2)10(5-14-6-13-4)15-11(12)9(7)3/h7-10H,5-6H2,1-4H3/t7-,8+,9?,10?/m0/s1. The van der Waals surface area contributed by atoms with Crippen LogP contribution in [0.3, 0.4) is 0 Å². The molecule has 1 aliphatic rings. The third-order valence-corrected chi connectivity index (χ3v) is 3.33. The molecule has 1 heterocycles. The first-order valence-corrected chi connectivity index (χ1v) is 5.35. The number of ether oxygens (including phenoxy) is 3. The fourth-order valence-electron chi connectivity index (χ4n) is 1.81. The number of hydrogen-bond donors (Lipinski definition) is 0. The number of rotatable bonds is 4. The first-order chi connectivity index (χ1) is 7.07. The molecule has 88 valence electrons. The van der Waals surface area contributed by atoms with E-state index < -0.39 is 0 Å². The van der Waals surface area contributed by atoms with Gasteiger partial charge in [-0.25, -0.2) is 0 Å². The van der Waals surface area contributed by atoms with Crippen molar-refractivity contribution in [1.29, 1.82) is 0 Å². The molecule has 1 aliphatic heterocycles. The summed E-state index contributed by atoms with van der Waals surface area (Å²) in [7, 11) is 1.57. The third kappa shape index (κ3) is 2.92. The van der Waals surface area contributed by atoms with E-state index in [1.165, 1.54) is 0 Å². The summed E-state index contributed by atoms with van der Waals surface area (Å²) in [5, 5.41) is 0. The minimum absolute atomic E-state index is 0.0151. The van der Waals surface area contributed by atoms with Crippen LogP contribution in [-0.4, -0.2) is 32.6 Å². The Balaban J connectivity index is 2.47. The number of cyclic esters (lactones) is 1. The Kier molecular flexibility index (Phi) is 4.54. The molecule has 0 N–H and O–H groups in total. The predicted octanol–water partition coefficient (Wildman–Crippen LogP) is 1.44. The molecule has 0 aromatic heterocycles. The highest BCUT2D eigenvalue weighted by atomic mass is 16.7. The predicted molar refractivity (Wildman–Crippen MR) is 55.2 cm³/mol. The summed E-state index contributed by atoms with van der Waals surface area (Å²) in [5.41, 5.74) is 0. The van der Waals surface area contributed by atoms with Crippen LogP contribution < -0.4 is 0 Å². The normalized spacial score (nSPS) is 36.4. The Labute approximate surface area is 90.9 Å². The molecule has 15 heavy (non-hydrogen) atoms. The molecule has 0 saturated carbocycles. The molecule has 0 aromatic carbocycles. The van der Waals surface area contributed by atoms with Gasteiger partial charge in [0.2, 0.25) is 0 Å².